The molecule has 1 saturated heterocycles. The summed E-state index contributed by atoms with van der Waals surface area (Å²) in [7, 11) is 0. The van der Waals surface area contributed by atoms with Crippen LogP contribution < -0.4 is 5.32 Å². The summed E-state index contributed by atoms with van der Waals surface area (Å²) in [5, 5.41) is 3.36. The quantitative estimate of drug-likeness (QED) is 0.908. The van der Waals surface area contributed by atoms with Crippen LogP contribution in [-0.4, -0.2) is 31.1 Å². The molecule has 0 saturated carbocycles. The largest absolute Gasteiger partial charge is 0.314 e. The van der Waals surface area contributed by atoms with Crippen molar-refractivity contribution in [1.82, 2.24) is 10.2 Å². The summed E-state index contributed by atoms with van der Waals surface area (Å²) in [4.78, 5) is 2.41. The Balaban J connectivity index is 2.33. The maximum absolute atomic E-state index is 14.4. The van der Waals surface area contributed by atoms with E-state index >= 15 is 0 Å². The van der Waals surface area contributed by atoms with Crippen molar-refractivity contribution in [2.45, 2.75) is 26.3 Å². The number of rotatable bonds is 4. The summed E-state index contributed by atoms with van der Waals surface area (Å²) in [6.45, 7) is 8.34. The van der Waals surface area contributed by atoms with Crippen LogP contribution in [-0.2, 0) is 0 Å². The minimum absolute atomic E-state index is 0.105. The molecule has 0 bridgehead atoms. The highest BCUT2D eigenvalue weighted by molar-refractivity contribution is 9.10. The van der Waals surface area contributed by atoms with Crippen LogP contribution >= 0.6 is 15.9 Å². The summed E-state index contributed by atoms with van der Waals surface area (Å²) in [5.74, 6) is 0.341. The molecular formula is C15H22BrFN2. The minimum atomic E-state index is -0.105. The maximum Gasteiger partial charge on any atom is 0.142 e. The van der Waals surface area contributed by atoms with E-state index in [0.717, 1.165) is 38.2 Å². The van der Waals surface area contributed by atoms with Crippen LogP contribution in [0, 0.1) is 11.7 Å². The number of hydrogen-bond acceptors (Lipinski definition) is 2. The fourth-order valence-electron chi connectivity index (χ4n) is 2.80. The number of piperazine rings is 1. The van der Waals surface area contributed by atoms with Crippen LogP contribution in [0.1, 0.15) is 31.9 Å². The van der Waals surface area contributed by atoms with E-state index < -0.39 is 0 Å². The van der Waals surface area contributed by atoms with Gasteiger partial charge in [0, 0.05) is 37.8 Å². The van der Waals surface area contributed by atoms with E-state index in [-0.39, 0.29) is 11.9 Å². The molecule has 4 heteroatoms. The van der Waals surface area contributed by atoms with Crippen molar-refractivity contribution in [1.29, 1.82) is 0 Å². The Labute approximate surface area is 123 Å². The second-order valence-corrected chi connectivity index (χ2v) is 6.11. The molecule has 2 rings (SSSR count). The predicted octanol–water partition coefficient (Wildman–Crippen LogP) is 3.58. The SMILES string of the molecule is CCC(C)[C@H](c1cccc(Br)c1F)N1CCNCC1. The van der Waals surface area contributed by atoms with Gasteiger partial charge in [-0.15, -0.1) is 0 Å². The molecule has 0 aliphatic carbocycles. The van der Waals surface area contributed by atoms with Gasteiger partial charge >= 0.3 is 0 Å². The minimum Gasteiger partial charge on any atom is -0.314 e. The average Bonchev–Trinajstić information content (AvgIpc) is 2.44. The summed E-state index contributed by atoms with van der Waals surface area (Å²) >= 11 is 3.30. The molecule has 0 radical (unpaired) electrons. The van der Waals surface area contributed by atoms with Gasteiger partial charge < -0.3 is 5.32 Å². The standard InChI is InChI=1S/C15H22BrFN2/c1-3-11(2)15(19-9-7-18-8-10-19)12-5-4-6-13(16)14(12)17/h4-6,11,15,18H,3,7-10H2,1-2H3/t11?,15-/m1/s1. The first-order chi connectivity index (χ1) is 9.15. The molecule has 1 heterocycles. The molecule has 2 atom stereocenters. The molecule has 106 valence electrons. The lowest BCUT2D eigenvalue weighted by atomic mass is 9.90. The van der Waals surface area contributed by atoms with E-state index in [1.165, 1.54) is 0 Å². The highest BCUT2D eigenvalue weighted by atomic mass is 79.9. The highest BCUT2D eigenvalue weighted by Gasteiger charge is 2.28. The molecule has 1 aromatic rings. The lowest BCUT2D eigenvalue weighted by Crippen LogP contribution is -2.46. The van der Waals surface area contributed by atoms with Gasteiger partial charge in [-0.05, 0) is 27.9 Å². The van der Waals surface area contributed by atoms with Crippen LogP contribution in [0.25, 0.3) is 0 Å². The first kappa shape index (κ1) is 14.9. The van der Waals surface area contributed by atoms with E-state index in [1.807, 2.05) is 12.1 Å². The first-order valence-electron chi connectivity index (χ1n) is 7.03. The molecule has 2 nitrogen and oxygen atoms in total. The molecule has 1 fully saturated rings. The number of halogens is 2. The van der Waals surface area contributed by atoms with Crippen LogP contribution in [0.15, 0.2) is 22.7 Å². The van der Waals surface area contributed by atoms with E-state index in [1.54, 1.807) is 6.07 Å². The number of nitrogens with zero attached hydrogens (tertiary/aromatic N) is 1. The Hall–Kier alpha value is -0.450. The maximum atomic E-state index is 14.4. The van der Waals surface area contributed by atoms with Gasteiger partial charge in [0.2, 0.25) is 0 Å². The molecule has 19 heavy (non-hydrogen) atoms. The Kier molecular flexibility index (Phi) is 5.37. The molecule has 1 aliphatic rings. The zero-order valence-corrected chi connectivity index (χ0v) is 13.2. The third kappa shape index (κ3) is 3.36. The van der Waals surface area contributed by atoms with Crippen molar-refractivity contribution < 1.29 is 4.39 Å². The fraction of sp³-hybridized carbons (Fsp3) is 0.600. The second-order valence-electron chi connectivity index (χ2n) is 5.26. The van der Waals surface area contributed by atoms with Gasteiger partial charge in [0.1, 0.15) is 5.82 Å². The molecule has 1 N–H and O–H groups in total. The van der Waals surface area contributed by atoms with Crippen LogP contribution in [0.5, 0.6) is 0 Å². The van der Waals surface area contributed by atoms with Crippen molar-refractivity contribution in [3.05, 3.63) is 34.1 Å². The van der Waals surface area contributed by atoms with Gasteiger partial charge in [0.15, 0.2) is 0 Å². The number of hydrogen-bond donors (Lipinski definition) is 1. The summed E-state index contributed by atoms with van der Waals surface area (Å²) in [6, 6.07) is 5.80. The normalized spacial score (nSPS) is 20.2. The molecule has 1 aliphatic heterocycles. The summed E-state index contributed by atoms with van der Waals surface area (Å²) in [5.41, 5.74) is 0.825. The third-order valence-corrected chi connectivity index (χ3v) is 4.64. The first-order valence-corrected chi connectivity index (χ1v) is 7.83. The Morgan fingerprint density at radius 2 is 2.05 bits per heavy atom. The molecule has 0 amide bonds. The Morgan fingerprint density at radius 3 is 2.68 bits per heavy atom. The van der Waals surface area contributed by atoms with E-state index in [4.69, 9.17) is 0 Å². The Morgan fingerprint density at radius 1 is 1.37 bits per heavy atom. The van der Waals surface area contributed by atoms with Crippen molar-refractivity contribution >= 4 is 15.9 Å². The van der Waals surface area contributed by atoms with Gasteiger partial charge in [-0.1, -0.05) is 32.4 Å². The van der Waals surface area contributed by atoms with Crippen LogP contribution in [0.3, 0.4) is 0 Å². The van der Waals surface area contributed by atoms with E-state index in [2.05, 4.69) is 40.0 Å². The van der Waals surface area contributed by atoms with Crippen molar-refractivity contribution in [3.63, 3.8) is 0 Å². The van der Waals surface area contributed by atoms with Gasteiger partial charge in [-0.3, -0.25) is 4.90 Å². The zero-order valence-electron chi connectivity index (χ0n) is 11.6. The van der Waals surface area contributed by atoms with Crippen LogP contribution in [0.4, 0.5) is 4.39 Å². The van der Waals surface area contributed by atoms with Gasteiger partial charge in [0.05, 0.1) is 4.47 Å². The van der Waals surface area contributed by atoms with Gasteiger partial charge in [0.25, 0.3) is 0 Å². The molecule has 0 aromatic heterocycles. The molecule has 0 spiro atoms. The summed E-state index contributed by atoms with van der Waals surface area (Å²) < 4.78 is 15.0. The predicted molar refractivity (Wildman–Crippen MR) is 80.7 cm³/mol. The average molecular weight is 329 g/mol. The molecule has 1 aromatic carbocycles. The molecular weight excluding hydrogens is 307 g/mol. The van der Waals surface area contributed by atoms with Crippen molar-refractivity contribution in [3.8, 4) is 0 Å². The van der Waals surface area contributed by atoms with Gasteiger partial charge in [-0.25, -0.2) is 4.39 Å². The summed E-state index contributed by atoms with van der Waals surface area (Å²) in [6.07, 6.45) is 1.06. The highest BCUT2D eigenvalue weighted by Crippen LogP contribution is 2.34. The number of nitrogens with one attached hydrogen (secondary N) is 1. The number of benzene rings is 1. The smallest absolute Gasteiger partial charge is 0.142 e. The third-order valence-electron chi connectivity index (χ3n) is 4.03. The van der Waals surface area contributed by atoms with Crippen LogP contribution in [0.2, 0.25) is 0 Å². The lowest BCUT2D eigenvalue weighted by molar-refractivity contribution is 0.125. The van der Waals surface area contributed by atoms with Crippen molar-refractivity contribution in [2.75, 3.05) is 26.2 Å². The fourth-order valence-corrected chi connectivity index (χ4v) is 3.18. The van der Waals surface area contributed by atoms with E-state index in [0.29, 0.717) is 10.4 Å². The van der Waals surface area contributed by atoms with Crippen molar-refractivity contribution in [2.24, 2.45) is 5.92 Å². The van der Waals surface area contributed by atoms with E-state index in [9.17, 15) is 4.39 Å². The lowest BCUT2D eigenvalue weighted by Gasteiger charge is -2.38. The second kappa shape index (κ2) is 6.82. The van der Waals surface area contributed by atoms with Gasteiger partial charge in [-0.2, -0.15) is 0 Å². The zero-order chi connectivity index (χ0) is 13.8. The monoisotopic (exact) mass is 328 g/mol. The molecule has 1 unspecified atom stereocenters. The Bertz CT molecular complexity index is 419. The topological polar surface area (TPSA) is 15.3 Å².